The monoisotopic (exact) mass is 181 g/mol. The molecule has 1 heterocycles. The smallest absolute Gasteiger partial charge is 0.120 e. The molecule has 1 rings (SSSR count). The molecule has 0 aliphatic heterocycles. The van der Waals surface area contributed by atoms with Gasteiger partial charge in [0.15, 0.2) is 0 Å². The Morgan fingerprint density at radius 1 is 1.46 bits per heavy atom. The molecule has 1 atom stereocenters. The summed E-state index contributed by atoms with van der Waals surface area (Å²) in [6, 6.07) is 4.28. The van der Waals surface area contributed by atoms with Crippen molar-refractivity contribution in [3.8, 4) is 0 Å². The van der Waals surface area contributed by atoms with E-state index in [-0.39, 0.29) is 0 Å². The summed E-state index contributed by atoms with van der Waals surface area (Å²) in [6.45, 7) is 5.43. The Balaban J connectivity index is 2.15. The van der Waals surface area contributed by atoms with Gasteiger partial charge in [0, 0.05) is 0 Å². The number of nitrogens with one attached hydrogen (secondary N) is 1. The Morgan fingerprint density at radius 2 is 2.31 bits per heavy atom. The molecule has 0 unspecified atom stereocenters. The van der Waals surface area contributed by atoms with Crippen molar-refractivity contribution in [3.05, 3.63) is 24.2 Å². The van der Waals surface area contributed by atoms with Crippen LogP contribution in [0.5, 0.6) is 0 Å². The minimum Gasteiger partial charge on any atom is -0.468 e. The predicted molar refractivity (Wildman–Crippen MR) is 54.7 cm³/mol. The number of rotatable bonds is 6. The lowest BCUT2D eigenvalue weighted by Crippen LogP contribution is -2.19. The summed E-state index contributed by atoms with van der Waals surface area (Å²) in [5.41, 5.74) is 0. The lowest BCUT2D eigenvalue weighted by Gasteiger charge is -2.10. The molecule has 1 aromatic heterocycles. The summed E-state index contributed by atoms with van der Waals surface area (Å²) in [5.74, 6) is 1.02. The molecule has 0 aliphatic carbocycles. The minimum absolute atomic E-state index is 0.340. The molecule has 1 N–H and O–H groups in total. The summed E-state index contributed by atoms with van der Waals surface area (Å²) in [4.78, 5) is 0. The third kappa shape index (κ3) is 3.64. The second-order valence-corrected chi connectivity index (χ2v) is 3.40. The van der Waals surface area contributed by atoms with Crippen molar-refractivity contribution >= 4 is 0 Å². The first-order valence-electron chi connectivity index (χ1n) is 5.11. The highest BCUT2D eigenvalue weighted by Gasteiger charge is 2.05. The van der Waals surface area contributed by atoms with Crippen LogP contribution >= 0.6 is 0 Å². The van der Waals surface area contributed by atoms with Crippen molar-refractivity contribution in [2.24, 2.45) is 0 Å². The standard InChI is InChI=1S/C11H19NO/c1-3-4-5-8-12-10(2)11-7-6-9-13-11/h6-7,9-10,12H,3-5,8H2,1-2H3/t10-/m0/s1. The Hall–Kier alpha value is -0.760. The zero-order chi connectivity index (χ0) is 9.52. The van der Waals surface area contributed by atoms with Gasteiger partial charge in [0.25, 0.3) is 0 Å². The first-order valence-corrected chi connectivity index (χ1v) is 5.11. The van der Waals surface area contributed by atoms with Gasteiger partial charge in [-0.3, -0.25) is 0 Å². The van der Waals surface area contributed by atoms with E-state index in [4.69, 9.17) is 4.42 Å². The molecular formula is C11H19NO. The van der Waals surface area contributed by atoms with E-state index in [0.717, 1.165) is 12.3 Å². The fraction of sp³-hybridized carbons (Fsp3) is 0.636. The van der Waals surface area contributed by atoms with Crippen molar-refractivity contribution in [1.82, 2.24) is 5.32 Å². The van der Waals surface area contributed by atoms with Gasteiger partial charge in [-0.15, -0.1) is 0 Å². The van der Waals surface area contributed by atoms with E-state index in [1.807, 2.05) is 12.1 Å². The highest BCUT2D eigenvalue weighted by Crippen LogP contribution is 2.11. The summed E-state index contributed by atoms with van der Waals surface area (Å²) >= 11 is 0. The predicted octanol–water partition coefficient (Wildman–Crippen LogP) is 3.12. The van der Waals surface area contributed by atoms with Gasteiger partial charge in [0.1, 0.15) is 5.76 Å². The number of furan rings is 1. The van der Waals surface area contributed by atoms with Crippen LogP contribution in [0, 0.1) is 0 Å². The quantitative estimate of drug-likeness (QED) is 0.682. The first-order chi connectivity index (χ1) is 6.34. The highest BCUT2D eigenvalue weighted by atomic mass is 16.3. The lowest BCUT2D eigenvalue weighted by molar-refractivity contribution is 0.427. The van der Waals surface area contributed by atoms with Gasteiger partial charge in [-0.25, -0.2) is 0 Å². The van der Waals surface area contributed by atoms with E-state index < -0.39 is 0 Å². The van der Waals surface area contributed by atoms with Crippen LogP contribution in [0.1, 0.15) is 44.9 Å². The maximum Gasteiger partial charge on any atom is 0.120 e. The summed E-state index contributed by atoms with van der Waals surface area (Å²) < 4.78 is 5.29. The summed E-state index contributed by atoms with van der Waals surface area (Å²) in [6.07, 6.45) is 5.55. The van der Waals surface area contributed by atoms with Gasteiger partial charge in [-0.1, -0.05) is 19.8 Å². The molecule has 0 saturated heterocycles. The zero-order valence-electron chi connectivity index (χ0n) is 8.55. The van der Waals surface area contributed by atoms with Crippen LogP contribution in [0.15, 0.2) is 22.8 Å². The average Bonchev–Trinajstić information content (AvgIpc) is 2.65. The van der Waals surface area contributed by atoms with Crippen molar-refractivity contribution < 1.29 is 4.42 Å². The van der Waals surface area contributed by atoms with Crippen LogP contribution < -0.4 is 5.32 Å². The Bertz CT molecular complexity index is 206. The van der Waals surface area contributed by atoms with Crippen molar-refractivity contribution in [1.29, 1.82) is 0 Å². The molecule has 0 aliphatic rings. The molecule has 0 radical (unpaired) electrons. The third-order valence-electron chi connectivity index (χ3n) is 2.20. The Morgan fingerprint density at radius 3 is 2.92 bits per heavy atom. The molecule has 0 aromatic carbocycles. The fourth-order valence-corrected chi connectivity index (χ4v) is 1.33. The van der Waals surface area contributed by atoms with Crippen molar-refractivity contribution in [2.45, 2.75) is 39.2 Å². The van der Waals surface area contributed by atoms with Crippen molar-refractivity contribution in [3.63, 3.8) is 0 Å². The van der Waals surface area contributed by atoms with E-state index in [2.05, 4.69) is 19.2 Å². The van der Waals surface area contributed by atoms with Crippen molar-refractivity contribution in [2.75, 3.05) is 6.54 Å². The van der Waals surface area contributed by atoms with E-state index >= 15 is 0 Å². The van der Waals surface area contributed by atoms with E-state index in [9.17, 15) is 0 Å². The van der Waals surface area contributed by atoms with Gasteiger partial charge in [0.05, 0.1) is 12.3 Å². The number of unbranched alkanes of at least 4 members (excludes halogenated alkanes) is 2. The zero-order valence-corrected chi connectivity index (χ0v) is 8.55. The second-order valence-electron chi connectivity index (χ2n) is 3.40. The van der Waals surface area contributed by atoms with Crippen LogP contribution in [0.25, 0.3) is 0 Å². The molecule has 0 bridgehead atoms. The average molecular weight is 181 g/mol. The largest absolute Gasteiger partial charge is 0.468 e. The molecule has 2 nitrogen and oxygen atoms in total. The van der Waals surface area contributed by atoms with Gasteiger partial charge in [-0.05, 0) is 32.0 Å². The van der Waals surface area contributed by atoms with Crippen LogP contribution in [0.3, 0.4) is 0 Å². The summed E-state index contributed by atoms with van der Waals surface area (Å²) in [7, 11) is 0. The second kappa shape index (κ2) is 5.81. The molecule has 1 aromatic rings. The molecule has 0 spiro atoms. The van der Waals surface area contributed by atoms with Crippen LogP contribution in [0.2, 0.25) is 0 Å². The topological polar surface area (TPSA) is 25.2 Å². The van der Waals surface area contributed by atoms with Crippen LogP contribution in [-0.4, -0.2) is 6.54 Å². The van der Waals surface area contributed by atoms with Crippen LogP contribution in [0.4, 0.5) is 0 Å². The highest BCUT2D eigenvalue weighted by molar-refractivity contribution is 5.02. The normalized spacial score (nSPS) is 13.1. The summed E-state index contributed by atoms with van der Waals surface area (Å²) in [5, 5.41) is 3.43. The Kier molecular flexibility index (Phi) is 4.61. The number of hydrogen-bond acceptors (Lipinski definition) is 2. The SMILES string of the molecule is CCCCCN[C@@H](C)c1ccco1. The molecule has 0 amide bonds. The molecular weight excluding hydrogens is 162 g/mol. The minimum atomic E-state index is 0.340. The Labute approximate surface area is 80.3 Å². The third-order valence-corrected chi connectivity index (χ3v) is 2.20. The van der Waals surface area contributed by atoms with Gasteiger partial charge >= 0.3 is 0 Å². The fourth-order valence-electron chi connectivity index (χ4n) is 1.33. The van der Waals surface area contributed by atoms with Crippen LogP contribution in [-0.2, 0) is 0 Å². The lowest BCUT2D eigenvalue weighted by atomic mass is 10.2. The molecule has 2 heteroatoms. The van der Waals surface area contributed by atoms with E-state index in [1.165, 1.54) is 19.3 Å². The molecule has 13 heavy (non-hydrogen) atoms. The first kappa shape index (κ1) is 10.3. The van der Waals surface area contributed by atoms with E-state index in [1.54, 1.807) is 6.26 Å². The maximum absolute atomic E-state index is 5.29. The maximum atomic E-state index is 5.29. The number of hydrogen-bond donors (Lipinski definition) is 1. The van der Waals surface area contributed by atoms with E-state index in [0.29, 0.717) is 6.04 Å². The van der Waals surface area contributed by atoms with Gasteiger partial charge < -0.3 is 9.73 Å². The molecule has 0 saturated carbocycles. The van der Waals surface area contributed by atoms with Gasteiger partial charge in [-0.2, -0.15) is 0 Å². The molecule has 74 valence electrons. The molecule has 0 fully saturated rings. The van der Waals surface area contributed by atoms with Gasteiger partial charge in [0.2, 0.25) is 0 Å².